The second-order valence-corrected chi connectivity index (χ2v) is 11.8. The van der Waals surface area contributed by atoms with Crippen molar-refractivity contribution in [2.75, 3.05) is 32.8 Å². The molecule has 2 saturated heterocycles. The van der Waals surface area contributed by atoms with E-state index in [0.717, 1.165) is 23.8 Å². The first-order chi connectivity index (χ1) is 19.1. The molecule has 0 radical (unpaired) electrons. The Labute approximate surface area is 235 Å². The van der Waals surface area contributed by atoms with Crippen LogP contribution in [0.2, 0.25) is 0 Å². The van der Waals surface area contributed by atoms with E-state index in [2.05, 4.69) is 4.98 Å². The number of hydrogen-bond donors (Lipinski definition) is 2. The first kappa shape index (κ1) is 30.7. The number of ether oxygens (including phenoxy) is 1. The molecule has 2 aliphatic heterocycles. The second-order valence-electron chi connectivity index (χ2n) is 11.8. The lowest BCUT2D eigenvalue weighted by molar-refractivity contribution is -0.217. The topological polar surface area (TPSA) is 103 Å². The zero-order valence-corrected chi connectivity index (χ0v) is 23.2. The molecule has 2 fully saturated rings. The van der Waals surface area contributed by atoms with Gasteiger partial charge in [-0.15, -0.1) is 0 Å². The number of alkyl halides is 3. The molecule has 8 nitrogen and oxygen atoms in total. The molecule has 0 spiro atoms. The van der Waals surface area contributed by atoms with Gasteiger partial charge in [-0.2, -0.15) is 13.2 Å². The van der Waals surface area contributed by atoms with Gasteiger partial charge in [0.1, 0.15) is 17.1 Å². The minimum Gasteiger partial charge on any atom is -0.492 e. The summed E-state index contributed by atoms with van der Waals surface area (Å²) in [6, 6.07) is 7.26. The van der Waals surface area contributed by atoms with E-state index in [-0.39, 0.29) is 31.0 Å². The van der Waals surface area contributed by atoms with E-state index < -0.39 is 40.9 Å². The van der Waals surface area contributed by atoms with Crippen molar-refractivity contribution in [1.82, 2.24) is 14.8 Å². The standard InChI is InChI=1S/C29H35F4N3O5/c1-27(2,29(31,32)33)17-35-10-8-18(9-11-35)16-41-21-5-7-24(34-14-21)19-4-6-22(23(30)12-19)25(38)36-15-20(37)13-28(36,3)26(39)40/h4-7,12,14,18,20,37H,8-11,13,15-17H2,1-3H3,(H,39,40). The van der Waals surface area contributed by atoms with Gasteiger partial charge in [-0.1, -0.05) is 6.07 Å². The fourth-order valence-corrected chi connectivity index (χ4v) is 5.36. The van der Waals surface area contributed by atoms with Crippen molar-refractivity contribution in [3.8, 4) is 17.0 Å². The number of aromatic nitrogens is 1. The van der Waals surface area contributed by atoms with Gasteiger partial charge in [0.15, 0.2) is 0 Å². The van der Waals surface area contributed by atoms with Crippen LogP contribution < -0.4 is 4.74 Å². The molecule has 4 rings (SSSR count). The number of rotatable bonds is 8. The Morgan fingerprint density at radius 2 is 1.83 bits per heavy atom. The summed E-state index contributed by atoms with van der Waals surface area (Å²) in [5, 5.41) is 19.5. The maximum Gasteiger partial charge on any atom is 0.395 e. The summed E-state index contributed by atoms with van der Waals surface area (Å²) in [5.41, 5.74) is -2.87. The number of carboxylic acid groups (broad SMARTS) is 1. The first-order valence-corrected chi connectivity index (χ1v) is 13.5. The van der Waals surface area contributed by atoms with E-state index in [1.54, 1.807) is 12.1 Å². The van der Waals surface area contributed by atoms with Crippen LogP contribution in [0, 0.1) is 17.2 Å². The van der Waals surface area contributed by atoms with Crippen molar-refractivity contribution < 1.29 is 42.1 Å². The monoisotopic (exact) mass is 581 g/mol. The lowest BCUT2D eigenvalue weighted by atomic mass is 9.89. The molecule has 2 N–H and O–H groups in total. The van der Waals surface area contributed by atoms with E-state index in [4.69, 9.17) is 4.74 Å². The number of pyridine rings is 1. The third kappa shape index (κ3) is 6.64. The van der Waals surface area contributed by atoms with Crippen molar-refractivity contribution in [1.29, 1.82) is 0 Å². The first-order valence-electron chi connectivity index (χ1n) is 13.5. The molecule has 2 unspecified atom stereocenters. The third-order valence-corrected chi connectivity index (χ3v) is 8.14. The number of hydrogen-bond acceptors (Lipinski definition) is 6. The molecule has 2 aromatic rings. The van der Waals surface area contributed by atoms with E-state index in [1.807, 2.05) is 4.90 Å². The highest BCUT2D eigenvalue weighted by Gasteiger charge is 2.50. The highest BCUT2D eigenvalue weighted by molar-refractivity contribution is 5.98. The number of amides is 1. The number of aliphatic hydroxyl groups excluding tert-OH is 1. The minimum atomic E-state index is -4.25. The van der Waals surface area contributed by atoms with Crippen molar-refractivity contribution in [3.05, 3.63) is 47.9 Å². The SMILES string of the molecule is CC1(C(=O)O)CC(O)CN1C(=O)c1ccc(-c2ccc(OCC3CCN(CC(C)(C)C(F)(F)F)CC3)cn2)cc1F. The van der Waals surface area contributed by atoms with Crippen LogP contribution in [0.5, 0.6) is 5.75 Å². The molecular formula is C29H35F4N3O5. The molecule has 0 bridgehead atoms. The lowest BCUT2D eigenvalue weighted by Gasteiger charge is -2.38. The number of carboxylic acids is 1. The number of likely N-dealkylation sites (tertiary alicyclic amines) is 2. The van der Waals surface area contributed by atoms with Gasteiger partial charge < -0.3 is 24.7 Å². The fraction of sp³-hybridized carbons (Fsp3) is 0.552. The number of piperidine rings is 1. The highest BCUT2D eigenvalue weighted by atomic mass is 19.4. The average Bonchev–Trinajstić information content (AvgIpc) is 3.22. The summed E-state index contributed by atoms with van der Waals surface area (Å²) in [6.45, 7) is 5.08. The molecule has 1 aromatic carbocycles. The summed E-state index contributed by atoms with van der Waals surface area (Å²) in [7, 11) is 0. The van der Waals surface area contributed by atoms with Gasteiger partial charge in [0.05, 0.1) is 35.6 Å². The molecule has 0 saturated carbocycles. The van der Waals surface area contributed by atoms with Gasteiger partial charge >= 0.3 is 12.1 Å². The predicted octanol–water partition coefficient (Wildman–Crippen LogP) is 4.62. The molecule has 12 heteroatoms. The number of halogens is 4. The molecule has 3 heterocycles. The summed E-state index contributed by atoms with van der Waals surface area (Å²) in [5.74, 6) is -2.22. The molecule has 1 amide bonds. The quantitative estimate of drug-likeness (QED) is 0.439. The summed E-state index contributed by atoms with van der Waals surface area (Å²) < 4.78 is 60.4. The van der Waals surface area contributed by atoms with Crippen molar-refractivity contribution in [2.45, 2.75) is 57.9 Å². The Bertz CT molecular complexity index is 1260. The van der Waals surface area contributed by atoms with Crippen LogP contribution in [0.3, 0.4) is 0 Å². The third-order valence-electron chi connectivity index (χ3n) is 8.14. The van der Waals surface area contributed by atoms with Crippen LogP contribution in [0.1, 0.15) is 50.4 Å². The van der Waals surface area contributed by atoms with Gasteiger partial charge in [-0.05, 0) is 76.9 Å². The number of carbonyl (C=O) groups is 2. The number of aliphatic hydroxyl groups is 1. The second kappa shape index (κ2) is 11.6. The number of carbonyl (C=O) groups excluding carboxylic acids is 1. The molecule has 2 aliphatic rings. The number of nitrogens with zero attached hydrogens (tertiary/aromatic N) is 3. The number of aliphatic carboxylic acids is 1. The van der Waals surface area contributed by atoms with Crippen LogP contribution in [0.4, 0.5) is 17.6 Å². The Morgan fingerprint density at radius 1 is 1.15 bits per heavy atom. The van der Waals surface area contributed by atoms with Crippen LogP contribution in [0.15, 0.2) is 36.5 Å². The zero-order chi connectivity index (χ0) is 30.2. The summed E-state index contributed by atoms with van der Waals surface area (Å²) in [6.07, 6.45) is -2.46. The Balaban J connectivity index is 1.32. The normalized spacial score (nSPS) is 22.6. The van der Waals surface area contributed by atoms with Crippen LogP contribution in [-0.4, -0.2) is 87.5 Å². The van der Waals surface area contributed by atoms with Crippen molar-refractivity contribution in [3.63, 3.8) is 0 Å². The maximum atomic E-state index is 15.0. The van der Waals surface area contributed by atoms with Gasteiger partial charge in [-0.25, -0.2) is 9.18 Å². The average molecular weight is 582 g/mol. The molecule has 2 atom stereocenters. The predicted molar refractivity (Wildman–Crippen MR) is 142 cm³/mol. The van der Waals surface area contributed by atoms with E-state index >= 15 is 4.39 Å². The molecule has 0 aliphatic carbocycles. The molecule has 41 heavy (non-hydrogen) atoms. The smallest absolute Gasteiger partial charge is 0.395 e. The number of β-amino-alcohol motifs (C(OH)–C–C–N with tert-alkyl or cyclic N) is 1. The van der Waals surface area contributed by atoms with Gasteiger partial charge in [0.2, 0.25) is 0 Å². The van der Waals surface area contributed by atoms with Gasteiger partial charge in [-0.3, -0.25) is 9.78 Å². The Hall–Kier alpha value is -3.25. The molecular weight excluding hydrogens is 546 g/mol. The summed E-state index contributed by atoms with van der Waals surface area (Å²) >= 11 is 0. The fourth-order valence-electron chi connectivity index (χ4n) is 5.36. The van der Waals surface area contributed by atoms with Crippen LogP contribution in [-0.2, 0) is 4.79 Å². The van der Waals surface area contributed by atoms with Crippen molar-refractivity contribution >= 4 is 11.9 Å². The van der Waals surface area contributed by atoms with Gasteiger partial charge in [0.25, 0.3) is 5.91 Å². The largest absolute Gasteiger partial charge is 0.492 e. The van der Waals surface area contributed by atoms with Crippen LogP contribution >= 0.6 is 0 Å². The zero-order valence-electron chi connectivity index (χ0n) is 23.2. The minimum absolute atomic E-state index is 0.0334. The summed E-state index contributed by atoms with van der Waals surface area (Å²) in [4.78, 5) is 31.9. The maximum absolute atomic E-state index is 15.0. The van der Waals surface area contributed by atoms with E-state index in [0.29, 0.717) is 36.7 Å². The van der Waals surface area contributed by atoms with E-state index in [1.165, 1.54) is 39.1 Å². The Kier molecular flexibility index (Phi) is 8.65. The number of benzene rings is 1. The Morgan fingerprint density at radius 3 is 2.39 bits per heavy atom. The van der Waals surface area contributed by atoms with E-state index in [9.17, 15) is 33.0 Å². The lowest BCUT2D eigenvalue weighted by Crippen LogP contribution is -2.50. The van der Waals surface area contributed by atoms with Gasteiger partial charge in [0, 0.05) is 25.1 Å². The van der Waals surface area contributed by atoms with Crippen molar-refractivity contribution in [2.24, 2.45) is 11.3 Å². The molecule has 224 valence electrons. The van der Waals surface area contributed by atoms with Crippen LogP contribution in [0.25, 0.3) is 11.3 Å². The highest BCUT2D eigenvalue weighted by Crippen LogP contribution is 2.39. The molecule has 1 aromatic heterocycles.